The summed E-state index contributed by atoms with van der Waals surface area (Å²) in [6.45, 7) is 1.71. The Hall–Kier alpha value is -0.170. The smallest absolute Gasteiger partial charge is 0.276 e. The maximum absolute atomic E-state index is 11.0. The Morgan fingerprint density at radius 2 is 2.25 bits per heavy atom. The molecule has 1 atom stereocenters. The number of piperidine rings is 1. The maximum atomic E-state index is 11.0. The van der Waals surface area contributed by atoms with Crippen molar-refractivity contribution in [1.29, 1.82) is 0 Å². The number of hydrogen-bond acceptors (Lipinski definition) is 3. The maximum Gasteiger partial charge on any atom is 0.276 e. The predicted octanol–water partition coefficient (Wildman–Crippen LogP) is -1.21. The van der Waals surface area contributed by atoms with Crippen LogP contribution < -0.4 is 14.8 Å². The Morgan fingerprint density at radius 3 is 2.75 bits per heavy atom. The first kappa shape index (κ1) is 9.91. The van der Waals surface area contributed by atoms with E-state index >= 15 is 0 Å². The average molecular weight is 193 g/mol. The zero-order chi connectivity index (χ0) is 9.03. The van der Waals surface area contributed by atoms with Crippen molar-refractivity contribution in [1.82, 2.24) is 14.8 Å². The SMILES string of the molecule is CNS(=O)(=O)N[C@H]1CCCNC1. The largest absolute Gasteiger partial charge is 0.315 e. The first-order valence-corrected chi connectivity index (χ1v) is 5.54. The molecule has 0 aromatic rings. The van der Waals surface area contributed by atoms with E-state index in [0.29, 0.717) is 0 Å². The molecular formula is C6H15N3O2S. The molecule has 1 heterocycles. The van der Waals surface area contributed by atoms with Crippen LogP contribution in [0.25, 0.3) is 0 Å². The third kappa shape index (κ3) is 3.06. The Bertz CT molecular complexity index is 221. The highest BCUT2D eigenvalue weighted by molar-refractivity contribution is 7.87. The van der Waals surface area contributed by atoms with Gasteiger partial charge in [0.2, 0.25) is 0 Å². The molecule has 1 fully saturated rings. The van der Waals surface area contributed by atoms with Gasteiger partial charge in [0.25, 0.3) is 10.2 Å². The molecule has 0 saturated carbocycles. The van der Waals surface area contributed by atoms with Crippen LogP contribution in [0, 0.1) is 0 Å². The lowest BCUT2D eigenvalue weighted by Gasteiger charge is -2.23. The molecule has 1 aliphatic heterocycles. The third-order valence-electron chi connectivity index (χ3n) is 1.89. The van der Waals surface area contributed by atoms with E-state index in [1.54, 1.807) is 0 Å². The van der Waals surface area contributed by atoms with E-state index < -0.39 is 10.2 Å². The monoisotopic (exact) mass is 193 g/mol. The molecule has 1 saturated heterocycles. The Balaban J connectivity index is 2.39. The van der Waals surface area contributed by atoms with Gasteiger partial charge in [0.1, 0.15) is 0 Å². The summed E-state index contributed by atoms with van der Waals surface area (Å²) in [6, 6.07) is 0.0381. The van der Waals surface area contributed by atoms with Crippen LogP contribution in [0.4, 0.5) is 0 Å². The van der Waals surface area contributed by atoms with Crippen molar-refractivity contribution in [3.63, 3.8) is 0 Å². The van der Waals surface area contributed by atoms with Gasteiger partial charge >= 0.3 is 0 Å². The fourth-order valence-corrected chi connectivity index (χ4v) is 1.99. The quantitative estimate of drug-likeness (QED) is 0.527. The Morgan fingerprint density at radius 1 is 1.50 bits per heavy atom. The van der Waals surface area contributed by atoms with Crippen LogP contribution in [-0.4, -0.2) is 34.6 Å². The van der Waals surface area contributed by atoms with Gasteiger partial charge in [-0.1, -0.05) is 0 Å². The van der Waals surface area contributed by atoms with E-state index in [-0.39, 0.29) is 6.04 Å². The lowest BCUT2D eigenvalue weighted by atomic mass is 10.1. The number of nitrogens with one attached hydrogen (secondary N) is 3. The third-order valence-corrected chi connectivity index (χ3v) is 3.07. The highest BCUT2D eigenvalue weighted by Gasteiger charge is 2.17. The zero-order valence-corrected chi connectivity index (χ0v) is 7.95. The Kier molecular flexibility index (Phi) is 3.45. The van der Waals surface area contributed by atoms with Crippen molar-refractivity contribution in [3.05, 3.63) is 0 Å². The minimum Gasteiger partial charge on any atom is -0.315 e. The van der Waals surface area contributed by atoms with Gasteiger partial charge in [-0.25, -0.2) is 4.72 Å². The lowest BCUT2D eigenvalue weighted by Crippen LogP contribution is -2.48. The molecule has 0 amide bonds. The fourth-order valence-electron chi connectivity index (χ4n) is 1.23. The van der Waals surface area contributed by atoms with Gasteiger partial charge in [0.15, 0.2) is 0 Å². The van der Waals surface area contributed by atoms with Gasteiger partial charge in [-0.3, -0.25) is 0 Å². The van der Waals surface area contributed by atoms with Crippen molar-refractivity contribution in [3.8, 4) is 0 Å². The van der Waals surface area contributed by atoms with E-state index in [1.165, 1.54) is 7.05 Å². The summed E-state index contributed by atoms with van der Waals surface area (Å²) in [7, 11) is -1.86. The molecule has 0 unspecified atom stereocenters. The zero-order valence-electron chi connectivity index (χ0n) is 7.13. The van der Waals surface area contributed by atoms with Gasteiger partial charge < -0.3 is 5.32 Å². The van der Waals surface area contributed by atoms with Gasteiger partial charge in [0, 0.05) is 19.6 Å². The number of hydrogen-bond donors (Lipinski definition) is 3. The van der Waals surface area contributed by atoms with Crippen molar-refractivity contribution in [2.45, 2.75) is 18.9 Å². The van der Waals surface area contributed by atoms with E-state index in [4.69, 9.17) is 0 Å². The normalized spacial score (nSPS) is 25.6. The molecule has 0 aliphatic carbocycles. The minimum atomic E-state index is -3.26. The van der Waals surface area contributed by atoms with E-state index in [2.05, 4.69) is 14.8 Å². The Labute approximate surface area is 73.1 Å². The second-order valence-corrected chi connectivity index (χ2v) is 4.52. The molecule has 3 N–H and O–H groups in total. The highest BCUT2D eigenvalue weighted by atomic mass is 32.2. The summed E-state index contributed by atoms with van der Waals surface area (Å²) in [5.74, 6) is 0. The fraction of sp³-hybridized carbons (Fsp3) is 1.00. The van der Waals surface area contributed by atoms with Crippen molar-refractivity contribution < 1.29 is 8.42 Å². The van der Waals surface area contributed by atoms with Crippen LogP contribution in [-0.2, 0) is 10.2 Å². The van der Waals surface area contributed by atoms with Crippen molar-refractivity contribution in [2.24, 2.45) is 0 Å². The summed E-state index contributed by atoms with van der Waals surface area (Å²) in [5, 5.41) is 3.13. The number of rotatable bonds is 3. The van der Waals surface area contributed by atoms with Crippen LogP contribution in [0.5, 0.6) is 0 Å². The van der Waals surface area contributed by atoms with Gasteiger partial charge in [-0.15, -0.1) is 0 Å². The van der Waals surface area contributed by atoms with E-state index in [9.17, 15) is 8.42 Å². The molecule has 72 valence electrons. The van der Waals surface area contributed by atoms with Crippen molar-refractivity contribution >= 4 is 10.2 Å². The van der Waals surface area contributed by atoms with Gasteiger partial charge in [0.05, 0.1) is 0 Å². The molecule has 0 radical (unpaired) electrons. The molecule has 12 heavy (non-hydrogen) atoms. The molecule has 6 heteroatoms. The molecular weight excluding hydrogens is 178 g/mol. The lowest BCUT2D eigenvalue weighted by molar-refractivity contribution is 0.427. The highest BCUT2D eigenvalue weighted by Crippen LogP contribution is 2.01. The molecule has 0 aromatic carbocycles. The second-order valence-electron chi connectivity index (χ2n) is 2.87. The van der Waals surface area contributed by atoms with Crippen LogP contribution in [0.2, 0.25) is 0 Å². The van der Waals surface area contributed by atoms with Crippen LogP contribution >= 0.6 is 0 Å². The van der Waals surface area contributed by atoms with Gasteiger partial charge in [-0.2, -0.15) is 13.1 Å². The van der Waals surface area contributed by atoms with Crippen LogP contribution in [0.15, 0.2) is 0 Å². The first-order chi connectivity index (χ1) is 5.64. The first-order valence-electron chi connectivity index (χ1n) is 4.05. The van der Waals surface area contributed by atoms with Gasteiger partial charge in [-0.05, 0) is 19.4 Å². The van der Waals surface area contributed by atoms with E-state index in [0.717, 1.165) is 25.9 Å². The van der Waals surface area contributed by atoms with Crippen LogP contribution in [0.3, 0.4) is 0 Å². The molecule has 0 bridgehead atoms. The molecule has 5 nitrogen and oxygen atoms in total. The molecule has 1 rings (SSSR count). The standard InChI is InChI=1S/C6H15N3O2S/c1-7-12(10,11)9-6-3-2-4-8-5-6/h6-9H,2-5H2,1H3/t6-/m0/s1. The minimum absolute atomic E-state index is 0.0381. The summed E-state index contributed by atoms with van der Waals surface area (Å²) >= 11 is 0. The van der Waals surface area contributed by atoms with Crippen molar-refractivity contribution in [2.75, 3.05) is 20.1 Å². The summed E-state index contributed by atoms with van der Waals surface area (Å²) in [5.41, 5.74) is 0. The predicted molar refractivity (Wildman–Crippen MR) is 47.0 cm³/mol. The topological polar surface area (TPSA) is 70.2 Å². The average Bonchev–Trinajstić information content (AvgIpc) is 2.06. The molecule has 1 aliphatic rings. The summed E-state index contributed by atoms with van der Waals surface area (Å²) in [6.07, 6.45) is 1.94. The second kappa shape index (κ2) is 4.18. The summed E-state index contributed by atoms with van der Waals surface area (Å²) in [4.78, 5) is 0. The van der Waals surface area contributed by atoms with Crippen LogP contribution in [0.1, 0.15) is 12.8 Å². The summed E-state index contributed by atoms with van der Waals surface area (Å²) < 4.78 is 26.8. The molecule has 0 spiro atoms. The van der Waals surface area contributed by atoms with E-state index in [1.807, 2.05) is 0 Å². The molecule has 0 aromatic heterocycles.